The van der Waals surface area contributed by atoms with Crippen LogP contribution in [-0.4, -0.2) is 218 Å². The van der Waals surface area contributed by atoms with Gasteiger partial charge in [-0.15, -0.1) is 0 Å². The zero-order valence-corrected chi connectivity index (χ0v) is 87.3. The molecular formula is C99H154Br2N5O24P5. The molecule has 5 heterocycles. The third kappa shape index (κ3) is 41.7. The van der Waals surface area contributed by atoms with Crippen LogP contribution in [0.15, 0.2) is 148 Å². The summed E-state index contributed by atoms with van der Waals surface area (Å²) >= 11 is 7.12. The number of aliphatic hydroxyl groups is 4. The Morgan fingerprint density at radius 3 is 1.07 bits per heavy atom. The molecule has 0 bridgehead atoms. The molecule has 5 aliphatic rings. The van der Waals surface area contributed by atoms with E-state index in [1.807, 2.05) is 81.4 Å². The lowest BCUT2D eigenvalue weighted by molar-refractivity contribution is 0.0497. The Kier molecular flexibility index (Phi) is 51.2. The van der Waals surface area contributed by atoms with Gasteiger partial charge in [-0.3, -0.25) is 52.1 Å². The molecule has 758 valence electrons. The highest BCUT2D eigenvalue weighted by atomic mass is 79.9. The molecule has 5 unspecified atom stereocenters. The van der Waals surface area contributed by atoms with Crippen molar-refractivity contribution in [2.75, 3.05) is 85.3 Å². The van der Waals surface area contributed by atoms with Crippen LogP contribution in [0.25, 0.3) is 0 Å². The van der Waals surface area contributed by atoms with Crippen molar-refractivity contribution in [3.8, 4) is 11.5 Å². The number of ether oxygens (including phenoxy) is 3. The summed E-state index contributed by atoms with van der Waals surface area (Å²) in [6, 6.07) is 45.2. The molecule has 6 aromatic carbocycles. The molecule has 0 spiro atoms. The molecule has 5 saturated heterocycles. The van der Waals surface area contributed by atoms with E-state index in [1.165, 1.54) is 132 Å². The molecule has 0 saturated carbocycles. The molecule has 11 rings (SSSR count). The zero-order valence-electron chi connectivity index (χ0n) is 79.7. The predicted molar refractivity (Wildman–Crippen MR) is 538 cm³/mol. The molecule has 5 fully saturated rings. The molecule has 6 aromatic rings. The number of ketones is 1. The SMILES string of the molecule is CCCCCCCCC(=O)c1ccc(CN2CCC(O)(P(=O)(O)O)C2)cc1.CCCCCCCCCc1ccc(CN2CCC(P(=O)(O)O)C2)cc1.CCCCCCCCOc1c(Br)cc(CN2CCC(O)(P(=O)(O)O)C2)cc1Br.CCCCCCCOC(=O)c1ccc(CN2CCC(O)(P(=O)(O)O)C2)cc1.O=P(O)(O)C1(O)CCN(Cc2ccc(OCCCCc3ccccc3)cc2)C1. The van der Waals surface area contributed by atoms with Crippen molar-refractivity contribution in [1.29, 1.82) is 0 Å². The highest BCUT2D eigenvalue weighted by Gasteiger charge is 2.53. The van der Waals surface area contributed by atoms with Gasteiger partial charge in [0.2, 0.25) is 0 Å². The first-order valence-electron chi connectivity index (χ1n) is 48.6. The summed E-state index contributed by atoms with van der Waals surface area (Å²) in [6.07, 6.45) is 34.8. The number of halogens is 2. The van der Waals surface area contributed by atoms with Crippen molar-refractivity contribution in [1.82, 2.24) is 24.5 Å². The van der Waals surface area contributed by atoms with Crippen LogP contribution in [0.5, 0.6) is 11.5 Å². The quantitative estimate of drug-likeness (QED) is 0.00730. The van der Waals surface area contributed by atoms with Gasteiger partial charge in [-0.1, -0.05) is 259 Å². The fourth-order valence-corrected chi connectivity index (χ4v) is 22.6. The van der Waals surface area contributed by atoms with Crippen LogP contribution in [0.2, 0.25) is 0 Å². The number of likely N-dealkylation sites (tertiary alicyclic amines) is 5. The number of aryl methyl sites for hydroxylation is 2. The van der Waals surface area contributed by atoms with Crippen molar-refractivity contribution >= 4 is 81.6 Å². The first kappa shape index (κ1) is 117. The zero-order chi connectivity index (χ0) is 98.8. The summed E-state index contributed by atoms with van der Waals surface area (Å²) in [5.41, 5.74) is 8.54. The van der Waals surface area contributed by atoms with E-state index < -0.39 is 65.0 Å². The van der Waals surface area contributed by atoms with E-state index in [1.54, 1.807) is 29.2 Å². The number of benzene rings is 6. The Morgan fingerprint density at radius 2 is 0.674 bits per heavy atom. The average molecular weight is 2110 g/mol. The smallest absolute Gasteiger partial charge is 0.358 e. The minimum atomic E-state index is -4.56. The number of hydrogen-bond donors (Lipinski definition) is 14. The highest BCUT2D eigenvalue weighted by molar-refractivity contribution is 9.11. The van der Waals surface area contributed by atoms with E-state index in [2.05, 4.69) is 113 Å². The summed E-state index contributed by atoms with van der Waals surface area (Å²) in [6.45, 7) is 16.2. The van der Waals surface area contributed by atoms with E-state index >= 15 is 0 Å². The molecule has 36 heteroatoms. The molecule has 5 atom stereocenters. The van der Waals surface area contributed by atoms with Crippen LogP contribution in [0.4, 0.5) is 0 Å². The van der Waals surface area contributed by atoms with E-state index in [4.69, 9.17) is 14.2 Å². The van der Waals surface area contributed by atoms with Gasteiger partial charge in [0.25, 0.3) is 0 Å². The molecule has 135 heavy (non-hydrogen) atoms. The monoisotopic (exact) mass is 2110 g/mol. The summed E-state index contributed by atoms with van der Waals surface area (Å²) in [5.74, 6) is 1.41. The van der Waals surface area contributed by atoms with Gasteiger partial charge >= 0.3 is 43.9 Å². The van der Waals surface area contributed by atoms with Crippen LogP contribution in [-0.2, 0) is 73.1 Å². The number of Topliss-reactive ketones (excluding diaryl/α,β-unsaturated/α-hetero) is 1. The van der Waals surface area contributed by atoms with Crippen molar-refractivity contribution in [2.45, 2.75) is 306 Å². The Bertz CT molecular complexity index is 4570. The Balaban J connectivity index is 0.000000230. The number of β-amino-alcohol motifs (C(OH)–C–C–N with tert-alkyl or cyclic N) is 4. The summed E-state index contributed by atoms with van der Waals surface area (Å²) in [5, 5.41) is 32.7. The normalized spacial score (nSPS) is 20.3. The van der Waals surface area contributed by atoms with E-state index in [-0.39, 0.29) is 63.6 Å². The van der Waals surface area contributed by atoms with Crippen LogP contribution in [0, 0.1) is 0 Å². The molecule has 0 amide bonds. The van der Waals surface area contributed by atoms with Crippen LogP contribution < -0.4 is 9.47 Å². The van der Waals surface area contributed by atoms with Gasteiger partial charge in [-0.2, -0.15) is 0 Å². The average Bonchev–Trinajstić information content (AvgIpc) is 1.66. The van der Waals surface area contributed by atoms with Crippen LogP contribution >= 0.6 is 69.8 Å². The van der Waals surface area contributed by atoms with Crippen LogP contribution in [0.3, 0.4) is 0 Å². The maximum absolute atomic E-state index is 12.3. The molecule has 0 radical (unpaired) electrons. The van der Waals surface area contributed by atoms with Gasteiger partial charge < -0.3 is 83.6 Å². The van der Waals surface area contributed by atoms with E-state index in [0.717, 1.165) is 120 Å². The van der Waals surface area contributed by atoms with E-state index in [0.29, 0.717) is 103 Å². The number of rotatable bonds is 52. The maximum atomic E-state index is 12.3. The molecule has 29 nitrogen and oxygen atoms in total. The maximum Gasteiger partial charge on any atom is 0.358 e. The number of hydrogen-bond acceptors (Lipinski definition) is 19. The third-order valence-electron chi connectivity index (χ3n) is 25.6. The number of esters is 1. The second-order valence-electron chi connectivity index (χ2n) is 37.2. The van der Waals surface area contributed by atoms with Crippen LogP contribution in [0.1, 0.15) is 293 Å². The van der Waals surface area contributed by atoms with Crippen molar-refractivity contribution in [3.63, 3.8) is 0 Å². The Labute approximate surface area is 817 Å². The van der Waals surface area contributed by atoms with Gasteiger partial charge in [0.15, 0.2) is 27.2 Å². The number of unbranched alkanes of at least 4 members (excludes halogenated alkanes) is 21. The lowest BCUT2D eigenvalue weighted by atomic mass is 10.0. The fourth-order valence-electron chi connectivity index (χ4n) is 17.1. The van der Waals surface area contributed by atoms with Gasteiger partial charge in [0.1, 0.15) is 11.5 Å². The van der Waals surface area contributed by atoms with Gasteiger partial charge in [-0.05, 0) is 172 Å². The summed E-state index contributed by atoms with van der Waals surface area (Å²) in [4.78, 5) is 127. The van der Waals surface area contributed by atoms with Crippen molar-refractivity contribution in [3.05, 3.63) is 199 Å². The Hall–Kier alpha value is -4.59. The minimum Gasteiger partial charge on any atom is -0.494 e. The minimum absolute atomic E-state index is 0.0169. The number of nitrogens with zero attached hydrogens (tertiary/aromatic N) is 5. The molecule has 0 aliphatic carbocycles. The lowest BCUT2D eigenvalue weighted by Crippen LogP contribution is -2.32. The highest BCUT2D eigenvalue weighted by Crippen LogP contribution is 2.57. The number of carbonyl (C=O) groups is 2. The van der Waals surface area contributed by atoms with Gasteiger partial charge in [0.05, 0.1) is 40.0 Å². The van der Waals surface area contributed by atoms with Crippen molar-refractivity contribution in [2.24, 2.45) is 0 Å². The molecule has 0 aromatic heterocycles. The topological polar surface area (TPSA) is 447 Å². The van der Waals surface area contributed by atoms with Gasteiger partial charge in [-0.25, -0.2) is 4.79 Å². The summed E-state index contributed by atoms with van der Waals surface area (Å²) in [7, 11) is -22.1. The summed E-state index contributed by atoms with van der Waals surface area (Å²) < 4.78 is 75.7. The van der Waals surface area contributed by atoms with Gasteiger partial charge in [0, 0.05) is 129 Å². The standard InChI is InChI=1S/C21H28NO5P.C20H32NO5P.C20H34NO3P.C19H30Br2NO5P.C19H30NO6P/c23-21(28(24,25)26)13-14-22(17-21)16-19-9-11-20(12-10-19)27-15-5-4-8-18-6-2-1-3-7-18;1-2-3-4-5-6-7-8-19(22)18-11-9-17(10-12-18)15-21-14-13-20(23,16-21)27(24,25)26;1-2-3-4-5-6-7-8-9-18-10-12-19(13-11-18)16-21-15-14-20(17-21)25(22,23)24;1-2-3-4-5-6-7-10-27-18-16(20)11-15(12-17(18)21)13-22-9-8-19(23,14-22)28(24,25)26;1-2-3-4-5-6-13-26-18(21)17-9-7-16(8-10-17)14-20-12-11-19(22,15-20)27(23,24)25/h1-3,6-7,9-12,23H,4-5,8,13-17H2,(H2,24,25,26);9-12,23H,2-8,13-16H2,1H3,(H2,24,25,26);10-13,20H,2-9,14-17H2,1H3,(H2,22,23,24);11-12,23H,2-10,13-14H2,1H3,(H2,24,25,26);7-10,22H,2-6,11-15H2,1H3,(H2,23,24,25). The first-order valence-corrected chi connectivity index (χ1v) is 58.3. The molecule has 5 aliphatic heterocycles. The first-order chi connectivity index (χ1) is 64.0. The second-order valence-corrected chi connectivity index (χ2v) is 48.5. The Morgan fingerprint density at radius 1 is 0.356 bits per heavy atom. The number of carbonyl (C=O) groups excluding carboxylic acids is 2. The van der Waals surface area contributed by atoms with Crippen molar-refractivity contribution < 1.29 is 116 Å². The predicted octanol–water partition coefficient (Wildman–Crippen LogP) is 19.5. The second kappa shape index (κ2) is 58.9. The lowest BCUT2D eigenvalue weighted by Gasteiger charge is -2.24. The fraction of sp³-hybridized carbons (Fsp3) is 0.616. The molecular weight excluding hydrogens is 1960 g/mol. The van der Waals surface area contributed by atoms with E-state index in [9.17, 15) is 102 Å². The third-order valence-corrected chi connectivity index (χ3v) is 34.0. The molecule has 14 N–H and O–H groups in total. The largest absolute Gasteiger partial charge is 0.494 e.